The van der Waals surface area contributed by atoms with Crippen LogP contribution in [0.25, 0.3) is 0 Å². The van der Waals surface area contributed by atoms with E-state index < -0.39 is 6.09 Å². The summed E-state index contributed by atoms with van der Waals surface area (Å²) in [5.74, 6) is -0.325. The molecule has 8 heteroatoms. The number of amides is 2. The van der Waals surface area contributed by atoms with Crippen molar-refractivity contribution >= 4 is 18.0 Å². The Morgan fingerprint density at radius 1 is 1.32 bits per heavy atom. The van der Waals surface area contributed by atoms with Gasteiger partial charge in [-0.05, 0) is 18.9 Å². The molecule has 0 fully saturated rings. The molecule has 1 aromatic rings. The third-order valence-electron chi connectivity index (χ3n) is 2.35. The van der Waals surface area contributed by atoms with E-state index in [0.29, 0.717) is 25.8 Å². The van der Waals surface area contributed by atoms with Gasteiger partial charge in [-0.3, -0.25) is 15.5 Å². The molecule has 2 amide bonds. The zero-order valence-corrected chi connectivity index (χ0v) is 10.4. The SMILES string of the molecule is N=C(NC(=O)CCCCCNC(=O)O)n1cccn1. The first-order chi connectivity index (χ1) is 9.09. The Morgan fingerprint density at radius 3 is 2.74 bits per heavy atom. The molecule has 8 nitrogen and oxygen atoms in total. The van der Waals surface area contributed by atoms with Crippen LogP contribution in [0.5, 0.6) is 0 Å². The molecular weight excluding hydrogens is 250 g/mol. The molecule has 0 saturated heterocycles. The lowest BCUT2D eigenvalue weighted by Crippen LogP contribution is -2.34. The number of unbranched alkanes of at least 4 members (excludes halogenated alkanes) is 2. The van der Waals surface area contributed by atoms with Gasteiger partial charge in [0.15, 0.2) is 0 Å². The maximum atomic E-state index is 11.5. The summed E-state index contributed by atoms with van der Waals surface area (Å²) >= 11 is 0. The molecule has 104 valence electrons. The summed E-state index contributed by atoms with van der Waals surface area (Å²) in [5.41, 5.74) is 0. The third kappa shape index (κ3) is 6.20. The summed E-state index contributed by atoms with van der Waals surface area (Å²) in [6.45, 7) is 0.389. The Kier molecular flexibility index (Phi) is 6.07. The van der Waals surface area contributed by atoms with Gasteiger partial charge in [0.2, 0.25) is 11.9 Å². The molecule has 0 unspecified atom stereocenters. The van der Waals surface area contributed by atoms with Gasteiger partial charge in [0.25, 0.3) is 0 Å². The van der Waals surface area contributed by atoms with Crippen molar-refractivity contribution in [1.82, 2.24) is 20.4 Å². The number of hydrogen-bond acceptors (Lipinski definition) is 4. The van der Waals surface area contributed by atoms with E-state index in [1.54, 1.807) is 12.3 Å². The minimum absolute atomic E-state index is 0.0810. The van der Waals surface area contributed by atoms with Crippen LogP contribution >= 0.6 is 0 Å². The Labute approximate surface area is 110 Å². The Hall–Kier alpha value is -2.38. The van der Waals surface area contributed by atoms with Crippen LogP contribution in [0.2, 0.25) is 0 Å². The zero-order chi connectivity index (χ0) is 14.1. The lowest BCUT2D eigenvalue weighted by atomic mass is 10.2. The largest absolute Gasteiger partial charge is 0.465 e. The van der Waals surface area contributed by atoms with E-state index in [1.165, 1.54) is 10.9 Å². The van der Waals surface area contributed by atoms with Crippen molar-refractivity contribution in [2.24, 2.45) is 0 Å². The van der Waals surface area contributed by atoms with Gasteiger partial charge in [0, 0.05) is 25.4 Å². The highest BCUT2D eigenvalue weighted by Gasteiger charge is 2.06. The molecule has 1 rings (SSSR count). The van der Waals surface area contributed by atoms with Gasteiger partial charge < -0.3 is 10.4 Å². The third-order valence-corrected chi connectivity index (χ3v) is 2.35. The van der Waals surface area contributed by atoms with E-state index in [2.05, 4.69) is 15.7 Å². The second-order valence-corrected chi connectivity index (χ2v) is 3.89. The second kappa shape index (κ2) is 7.85. The topological polar surface area (TPSA) is 120 Å². The summed E-state index contributed by atoms with van der Waals surface area (Å²) in [4.78, 5) is 21.7. The van der Waals surface area contributed by atoms with Crippen molar-refractivity contribution in [2.45, 2.75) is 25.7 Å². The summed E-state index contributed by atoms with van der Waals surface area (Å²) in [6, 6.07) is 1.66. The molecule has 4 N–H and O–H groups in total. The molecule has 0 atom stereocenters. The fourth-order valence-electron chi connectivity index (χ4n) is 1.44. The van der Waals surface area contributed by atoms with Crippen LogP contribution in [0, 0.1) is 5.41 Å². The number of nitrogens with zero attached hydrogens (tertiary/aromatic N) is 2. The van der Waals surface area contributed by atoms with Crippen molar-refractivity contribution < 1.29 is 14.7 Å². The van der Waals surface area contributed by atoms with Gasteiger partial charge in [-0.2, -0.15) is 5.10 Å². The number of carbonyl (C=O) groups is 2. The number of rotatable bonds is 6. The lowest BCUT2D eigenvalue weighted by Gasteiger charge is -2.06. The first kappa shape index (κ1) is 14.7. The second-order valence-electron chi connectivity index (χ2n) is 3.89. The molecule has 0 saturated carbocycles. The van der Waals surface area contributed by atoms with E-state index in [4.69, 9.17) is 10.5 Å². The first-order valence-corrected chi connectivity index (χ1v) is 5.95. The van der Waals surface area contributed by atoms with Crippen LogP contribution in [-0.2, 0) is 4.79 Å². The monoisotopic (exact) mass is 267 g/mol. The fourth-order valence-corrected chi connectivity index (χ4v) is 1.44. The minimum atomic E-state index is -1.04. The maximum absolute atomic E-state index is 11.5. The quantitative estimate of drug-likeness (QED) is 0.343. The van der Waals surface area contributed by atoms with Crippen LogP contribution in [0.1, 0.15) is 25.7 Å². The highest BCUT2D eigenvalue weighted by atomic mass is 16.4. The molecule has 0 spiro atoms. The average molecular weight is 267 g/mol. The molecule has 1 heterocycles. The molecule has 0 radical (unpaired) electrons. The Balaban J connectivity index is 2.08. The van der Waals surface area contributed by atoms with E-state index in [9.17, 15) is 9.59 Å². The molecule has 19 heavy (non-hydrogen) atoms. The van der Waals surface area contributed by atoms with E-state index >= 15 is 0 Å². The summed E-state index contributed by atoms with van der Waals surface area (Å²) in [6.07, 6.45) is 4.45. The van der Waals surface area contributed by atoms with Crippen molar-refractivity contribution in [3.05, 3.63) is 18.5 Å². The summed E-state index contributed by atoms with van der Waals surface area (Å²) < 4.78 is 1.26. The van der Waals surface area contributed by atoms with Crippen LogP contribution in [0.4, 0.5) is 4.79 Å². The van der Waals surface area contributed by atoms with Crippen molar-refractivity contribution in [3.63, 3.8) is 0 Å². The first-order valence-electron chi connectivity index (χ1n) is 5.95. The molecule has 0 aliphatic rings. The smallest absolute Gasteiger partial charge is 0.404 e. The van der Waals surface area contributed by atoms with Gasteiger partial charge in [-0.25, -0.2) is 9.48 Å². The average Bonchev–Trinajstić information content (AvgIpc) is 2.87. The van der Waals surface area contributed by atoms with Crippen LogP contribution < -0.4 is 10.6 Å². The van der Waals surface area contributed by atoms with E-state index in [0.717, 1.165) is 6.42 Å². The normalized spacial score (nSPS) is 9.89. The lowest BCUT2D eigenvalue weighted by molar-refractivity contribution is -0.119. The van der Waals surface area contributed by atoms with Crippen LogP contribution in [-0.4, -0.2) is 39.4 Å². The Bertz CT molecular complexity index is 430. The van der Waals surface area contributed by atoms with E-state index in [1.807, 2.05) is 0 Å². The maximum Gasteiger partial charge on any atom is 0.404 e. The molecule has 0 aromatic carbocycles. The van der Waals surface area contributed by atoms with Gasteiger partial charge in [-0.15, -0.1) is 0 Å². The predicted octanol–water partition coefficient (Wildman–Crippen LogP) is 0.610. The molecule has 1 aromatic heterocycles. The van der Waals surface area contributed by atoms with Gasteiger partial charge in [0.1, 0.15) is 0 Å². The standard InChI is InChI=1S/C11H17N5O3/c12-10(16-8-4-7-14-16)15-9(17)5-2-1-3-6-13-11(18)19/h4,7-8,13H,1-3,5-6H2,(H,18,19)(H2,12,15,17). The Morgan fingerprint density at radius 2 is 2.11 bits per heavy atom. The van der Waals surface area contributed by atoms with Crippen molar-refractivity contribution in [1.29, 1.82) is 5.41 Å². The van der Waals surface area contributed by atoms with E-state index in [-0.39, 0.29) is 11.9 Å². The number of aromatic nitrogens is 2. The number of carboxylic acid groups (broad SMARTS) is 1. The van der Waals surface area contributed by atoms with Crippen molar-refractivity contribution in [3.8, 4) is 0 Å². The highest BCUT2D eigenvalue weighted by Crippen LogP contribution is 1.99. The molecular formula is C11H17N5O3. The molecule has 0 aliphatic carbocycles. The van der Waals surface area contributed by atoms with Gasteiger partial charge >= 0.3 is 6.09 Å². The fraction of sp³-hybridized carbons (Fsp3) is 0.455. The van der Waals surface area contributed by atoms with Crippen LogP contribution in [0.15, 0.2) is 18.5 Å². The predicted molar refractivity (Wildman–Crippen MR) is 68.0 cm³/mol. The summed E-state index contributed by atoms with van der Waals surface area (Å²) in [7, 11) is 0. The zero-order valence-electron chi connectivity index (χ0n) is 10.4. The molecule has 0 bridgehead atoms. The minimum Gasteiger partial charge on any atom is -0.465 e. The molecule has 0 aliphatic heterocycles. The van der Waals surface area contributed by atoms with Gasteiger partial charge in [0.05, 0.1) is 0 Å². The number of nitrogens with one attached hydrogen (secondary N) is 3. The highest BCUT2D eigenvalue weighted by molar-refractivity contribution is 5.95. The summed E-state index contributed by atoms with van der Waals surface area (Å²) in [5, 5.41) is 24.4. The number of hydrogen-bond donors (Lipinski definition) is 4. The van der Waals surface area contributed by atoms with Crippen molar-refractivity contribution in [2.75, 3.05) is 6.54 Å². The van der Waals surface area contributed by atoms with Gasteiger partial charge in [-0.1, -0.05) is 6.42 Å². The van der Waals surface area contributed by atoms with Crippen LogP contribution in [0.3, 0.4) is 0 Å². The number of carbonyl (C=O) groups excluding carboxylic acids is 1.